The maximum absolute atomic E-state index is 10.6. The second-order valence-corrected chi connectivity index (χ2v) is 2.41. The Morgan fingerprint density at radius 3 is 2.29 bits per heavy atom. The summed E-state index contributed by atoms with van der Waals surface area (Å²) in [6.07, 6.45) is 2.51. The van der Waals surface area contributed by atoms with E-state index in [9.17, 15) is 9.59 Å². The van der Waals surface area contributed by atoms with Crippen LogP contribution in [0.5, 0.6) is 0 Å². The predicted octanol–water partition coefficient (Wildman–Crippen LogP) is -1.53. The molecule has 3 nitrogen and oxygen atoms in total. The van der Waals surface area contributed by atoms with Crippen LogP contribution in [-0.2, 0) is 9.59 Å². The molecule has 1 N–H and O–H groups in total. The van der Waals surface area contributed by atoms with E-state index in [0.717, 1.165) is 11.6 Å². The summed E-state index contributed by atoms with van der Waals surface area (Å²) in [5, 5.41) is 8.26. The summed E-state index contributed by atoms with van der Waals surface area (Å²) >= 11 is 0. The Morgan fingerprint density at radius 2 is 1.79 bits per heavy atom. The Kier molecular flexibility index (Phi) is 6.95. The van der Waals surface area contributed by atoms with Crippen LogP contribution in [-0.4, -0.2) is 16.9 Å². The monoisotopic (exact) mass is 216 g/mol. The zero-order chi connectivity index (χ0) is 9.68. The van der Waals surface area contributed by atoms with Gasteiger partial charge in [-0.3, -0.25) is 4.79 Å². The zero-order valence-electron chi connectivity index (χ0n) is 8.81. The molecule has 14 heavy (non-hydrogen) atoms. The summed E-state index contributed by atoms with van der Waals surface area (Å²) in [6, 6.07) is 9.03. The van der Waals surface area contributed by atoms with Crippen molar-refractivity contribution < 1.29 is 67.5 Å². The molecule has 0 unspecified atom stereocenters. The topological polar surface area (TPSA) is 54.4 Å². The Morgan fingerprint density at radius 1 is 1.21 bits per heavy atom. The van der Waals surface area contributed by atoms with Gasteiger partial charge in [-0.25, -0.2) is 4.79 Å². The van der Waals surface area contributed by atoms with E-state index in [0.29, 0.717) is 0 Å². The van der Waals surface area contributed by atoms with Crippen LogP contribution in [0.25, 0.3) is 6.08 Å². The average Bonchev–Trinajstić information content (AvgIpc) is 2.15. The number of ketones is 1. The average molecular weight is 216 g/mol. The SMILES string of the molecule is O=C(O)C(=O)C=Cc1ccccc1.[H-].[K+]. The van der Waals surface area contributed by atoms with E-state index in [1.165, 1.54) is 6.08 Å². The number of hydrogen-bond acceptors (Lipinski definition) is 2. The molecule has 0 atom stereocenters. The third-order valence-electron chi connectivity index (χ3n) is 1.44. The van der Waals surface area contributed by atoms with E-state index in [1.807, 2.05) is 18.2 Å². The minimum atomic E-state index is -1.44. The summed E-state index contributed by atoms with van der Waals surface area (Å²) in [4.78, 5) is 20.7. The third-order valence-corrected chi connectivity index (χ3v) is 1.44. The molecule has 0 saturated heterocycles. The van der Waals surface area contributed by atoms with Crippen LogP contribution in [0.1, 0.15) is 6.99 Å². The summed E-state index contributed by atoms with van der Waals surface area (Å²) in [5.74, 6) is -2.35. The maximum Gasteiger partial charge on any atom is 1.00 e. The summed E-state index contributed by atoms with van der Waals surface area (Å²) in [5.41, 5.74) is 0.803. The molecule has 0 aromatic heterocycles. The van der Waals surface area contributed by atoms with Gasteiger partial charge >= 0.3 is 57.4 Å². The zero-order valence-corrected chi connectivity index (χ0v) is 10.9. The fourth-order valence-electron chi connectivity index (χ4n) is 0.807. The van der Waals surface area contributed by atoms with Gasteiger partial charge in [-0.15, -0.1) is 0 Å². The molecular weight excluding hydrogens is 207 g/mol. The Labute approximate surface area is 126 Å². The molecule has 0 aliphatic rings. The maximum atomic E-state index is 10.6. The molecule has 0 aliphatic carbocycles. The Balaban J connectivity index is 0. The number of carboxylic acids is 1. The van der Waals surface area contributed by atoms with Crippen LogP contribution in [0.3, 0.4) is 0 Å². The summed E-state index contributed by atoms with van der Waals surface area (Å²) in [7, 11) is 0. The first-order chi connectivity index (χ1) is 6.20. The van der Waals surface area contributed by atoms with E-state index in [-0.39, 0.29) is 52.8 Å². The molecule has 0 radical (unpaired) electrons. The molecule has 0 fully saturated rings. The molecule has 1 aromatic carbocycles. The van der Waals surface area contributed by atoms with Crippen LogP contribution in [0, 0.1) is 0 Å². The number of aliphatic carboxylic acids is 1. The van der Waals surface area contributed by atoms with E-state index in [4.69, 9.17) is 5.11 Å². The quantitative estimate of drug-likeness (QED) is 0.379. The molecule has 0 amide bonds. The van der Waals surface area contributed by atoms with Crippen molar-refractivity contribution >= 4 is 17.8 Å². The number of hydrogen-bond donors (Lipinski definition) is 1. The molecular formula is C10H9KO3. The first-order valence-corrected chi connectivity index (χ1v) is 3.70. The minimum Gasteiger partial charge on any atom is -1.00 e. The second-order valence-electron chi connectivity index (χ2n) is 2.41. The minimum absolute atomic E-state index is 0. The number of carboxylic acid groups (broad SMARTS) is 1. The number of rotatable bonds is 3. The molecule has 1 rings (SSSR count). The molecule has 0 aliphatic heterocycles. The van der Waals surface area contributed by atoms with Gasteiger partial charge in [0.25, 0.3) is 5.78 Å². The molecule has 1 aromatic rings. The van der Waals surface area contributed by atoms with E-state index in [2.05, 4.69) is 0 Å². The van der Waals surface area contributed by atoms with Crippen LogP contribution in [0.2, 0.25) is 0 Å². The van der Waals surface area contributed by atoms with Gasteiger partial charge in [-0.05, 0) is 11.6 Å². The van der Waals surface area contributed by atoms with E-state index >= 15 is 0 Å². The summed E-state index contributed by atoms with van der Waals surface area (Å²) < 4.78 is 0. The van der Waals surface area contributed by atoms with Gasteiger partial charge in [0.2, 0.25) is 0 Å². The van der Waals surface area contributed by atoms with Crippen molar-refractivity contribution in [2.24, 2.45) is 0 Å². The van der Waals surface area contributed by atoms with Gasteiger partial charge in [0, 0.05) is 0 Å². The molecule has 0 bridgehead atoms. The van der Waals surface area contributed by atoms with Gasteiger partial charge in [0.1, 0.15) is 0 Å². The molecule has 0 heterocycles. The number of benzene rings is 1. The van der Waals surface area contributed by atoms with Crippen molar-refractivity contribution in [3.8, 4) is 0 Å². The molecule has 0 spiro atoms. The van der Waals surface area contributed by atoms with Gasteiger partial charge < -0.3 is 6.53 Å². The van der Waals surface area contributed by atoms with Gasteiger partial charge in [0.15, 0.2) is 0 Å². The van der Waals surface area contributed by atoms with Crippen LogP contribution < -0.4 is 51.4 Å². The van der Waals surface area contributed by atoms with Crippen molar-refractivity contribution in [2.45, 2.75) is 0 Å². The first kappa shape index (κ1) is 13.7. The Hall–Kier alpha value is -0.264. The van der Waals surface area contributed by atoms with Crippen molar-refractivity contribution in [3.05, 3.63) is 42.0 Å². The number of carbonyl (C=O) groups is 2. The predicted molar refractivity (Wildman–Crippen MR) is 49.2 cm³/mol. The van der Waals surface area contributed by atoms with Crippen molar-refractivity contribution in [3.63, 3.8) is 0 Å². The molecule has 0 saturated carbocycles. The molecule has 68 valence electrons. The fourth-order valence-corrected chi connectivity index (χ4v) is 0.807. The van der Waals surface area contributed by atoms with Gasteiger partial charge in [0.05, 0.1) is 0 Å². The van der Waals surface area contributed by atoms with E-state index in [1.54, 1.807) is 12.1 Å². The fraction of sp³-hybridized carbons (Fsp3) is 0. The molecule has 4 heteroatoms. The van der Waals surface area contributed by atoms with E-state index < -0.39 is 11.8 Å². The first-order valence-electron chi connectivity index (χ1n) is 3.70. The van der Waals surface area contributed by atoms with Crippen molar-refractivity contribution in [1.29, 1.82) is 0 Å². The second kappa shape index (κ2) is 7.08. The van der Waals surface area contributed by atoms with Crippen LogP contribution >= 0.6 is 0 Å². The standard InChI is InChI=1S/C10H8O3.K.H/c11-9(10(12)13)7-6-8-4-2-1-3-5-8;;/h1-7H,(H,12,13);;/q;+1;-1. The third kappa shape index (κ3) is 4.83. The number of carbonyl (C=O) groups excluding carboxylic acids is 1. The van der Waals surface area contributed by atoms with Crippen molar-refractivity contribution in [1.82, 2.24) is 0 Å². The van der Waals surface area contributed by atoms with Gasteiger partial charge in [-0.2, -0.15) is 0 Å². The normalized spacial score (nSPS) is 9.43. The Bertz CT molecular complexity index is 349. The van der Waals surface area contributed by atoms with Crippen LogP contribution in [0.4, 0.5) is 0 Å². The van der Waals surface area contributed by atoms with Crippen molar-refractivity contribution in [2.75, 3.05) is 0 Å². The summed E-state index contributed by atoms with van der Waals surface area (Å²) in [6.45, 7) is 0. The largest absolute Gasteiger partial charge is 1.00 e. The van der Waals surface area contributed by atoms with Gasteiger partial charge in [-0.1, -0.05) is 36.4 Å². The van der Waals surface area contributed by atoms with Crippen LogP contribution in [0.15, 0.2) is 36.4 Å². The smallest absolute Gasteiger partial charge is 1.00 e.